The molecule has 0 atom stereocenters. The molecule has 1 amide bonds. The molecular weight excluding hydrogens is 456 g/mol. The molecule has 190 valence electrons. The van der Waals surface area contributed by atoms with Crippen LogP contribution in [-0.2, 0) is 17.9 Å². The van der Waals surface area contributed by atoms with Crippen LogP contribution in [0.2, 0.25) is 0 Å². The summed E-state index contributed by atoms with van der Waals surface area (Å²) < 4.78 is 7.70. The van der Waals surface area contributed by atoms with Gasteiger partial charge in [-0.1, -0.05) is 18.6 Å². The van der Waals surface area contributed by atoms with E-state index >= 15 is 0 Å². The number of amides is 1. The van der Waals surface area contributed by atoms with E-state index in [0.29, 0.717) is 17.9 Å². The van der Waals surface area contributed by atoms with Crippen LogP contribution in [0, 0.1) is 11.3 Å². The standard InChI is InChI=1S/C26H34N8O2/c1-17(35)33-15-26(16-33)13-32(14-26)11-19-6-7-20(22(8-19)36-2)12-34-23-21(10-29-34)30-25(27)31-24(23)28-9-18-4-3-5-18/h6-8,10,18H,3-5,9,11-16H2,1-2H3,(H3,27,28,30,31). The Hall–Kier alpha value is -3.40. The Bertz CT molecular complexity index is 1290. The van der Waals surface area contributed by atoms with Gasteiger partial charge in [0.25, 0.3) is 0 Å². The van der Waals surface area contributed by atoms with Crippen molar-refractivity contribution in [3.63, 3.8) is 0 Å². The minimum atomic E-state index is 0.181. The highest BCUT2D eigenvalue weighted by Crippen LogP contribution is 2.40. The molecule has 36 heavy (non-hydrogen) atoms. The Labute approximate surface area is 210 Å². The molecular formula is C26H34N8O2. The first kappa shape index (κ1) is 23.0. The molecule has 0 bridgehead atoms. The van der Waals surface area contributed by atoms with Crippen LogP contribution in [0.4, 0.5) is 11.8 Å². The average molecular weight is 491 g/mol. The van der Waals surface area contributed by atoms with Crippen molar-refractivity contribution in [2.45, 2.75) is 39.3 Å². The van der Waals surface area contributed by atoms with E-state index in [1.165, 1.54) is 24.8 Å². The lowest BCUT2D eigenvalue weighted by molar-refractivity contribution is -0.157. The fourth-order valence-electron chi connectivity index (χ4n) is 5.84. The molecule has 1 saturated carbocycles. The maximum Gasteiger partial charge on any atom is 0.222 e. The molecule has 1 spiro atoms. The van der Waals surface area contributed by atoms with Crippen LogP contribution in [0.3, 0.4) is 0 Å². The van der Waals surface area contributed by atoms with Crippen molar-refractivity contribution >= 4 is 28.7 Å². The van der Waals surface area contributed by atoms with Gasteiger partial charge in [-0.2, -0.15) is 10.1 Å². The maximum atomic E-state index is 11.5. The minimum absolute atomic E-state index is 0.181. The van der Waals surface area contributed by atoms with Crippen molar-refractivity contribution in [2.24, 2.45) is 11.3 Å². The Kier molecular flexibility index (Phi) is 5.70. The van der Waals surface area contributed by atoms with E-state index in [0.717, 1.165) is 67.4 Å². The van der Waals surface area contributed by atoms with Crippen LogP contribution in [0.25, 0.3) is 11.0 Å². The van der Waals surface area contributed by atoms with Gasteiger partial charge in [-0.15, -0.1) is 0 Å². The highest BCUT2D eigenvalue weighted by atomic mass is 16.5. The summed E-state index contributed by atoms with van der Waals surface area (Å²) in [4.78, 5) is 24.7. The van der Waals surface area contributed by atoms with Gasteiger partial charge in [0.1, 0.15) is 16.8 Å². The fourth-order valence-corrected chi connectivity index (χ4v) is 5.84. The molecule has 3 aromatic rings. The number of nitrogens with zero attached hydrogens (tertiary/aromatic N) is 6. The van der Waals surface area contributed by atoms with Crippen LogP contribution >= 0.6 is 0 Å². The highest BCUT2D eigenvalue weighted by Gasteiger charge is 2.52. The fraction of sp³-hybridized carbons (Fsp3) is 0.538. The third-order valence-electron chi connectivity index (χ3n) is 7.98. The number of carbonyl (C=O) groups is 1. The van der Waals surface area contributed by atoms with Crippen molar-refractivity contribution in [2.75, 3.05) is 50.9 Å². The van der Waals surface area contributed by atoms with Crippen molar-refractivity contribution in [1.29, 1.82) is 0 Å². The topological polar surface area (TPSA) is 114 Å². The zero-order chi connectivity index (χ0) is 24.9. The van der Waals surface area contributed by atoms with Crippen LogP contribution < -0.4 is 15.8 Å². The SMILES string of the molecule is COc1cc(CN2CC3(C2)CN(C(C)=O)C3)ccc1Cn1ncc2nc(N)nc(NCC3CCC3)c21. The van der Waals surface area contributed by atoms with E-state index < -0.39 is 0 Å². The molecule has 1 aliphatic carbocycles. The van der Waals surface area contributed by atoms with E-state index in [1.807, 2.05) is 9.58 Å². The predicted octanol–water partition coefficient (Wildman–Crippen LogP) is 2.34. The second-order valence-corrected chi connectivity index (χ2v) is 10.8. The van der Waals surface area contributed by atoms with E-state index in [-0.39, 0.29) is 11.9 Å². The van der Waals surface area contributed by atoms with Gasteiger partial charge in [0.15, 0.2) is 5.82 Å². The molecule has 2 aromatic heterocycles. The first-order chi connectivity index (χ1) is 17.4. The van der Waals surface area contributed by atoms with Gasteiger partial charge in [-0.05, 0) is 30.4 Å². The maximum absolute atomic E-state index is 11.5. The van der Waals surface area contributed by atoms with Gasteiger partial charge in [-0.25, -0.2) is 4.98 Å². The molecule has 1 aromatic carbocycles. The molecule has 0 radical (unpaired) electrons. The van der Waals surface area contributed by atoms with Crippen LogP contribution in [-0.4, -0.2) is 75.3 Å². The molecule has 0 unspecified atom stereocenters. The number of carbonyl (C=O) groups excluding carboxylic acids is 1. The van der Waals surface area contributed by atoms with Crippen LogP contribution in [0.5, 0.6) is 5.75 Å². The molecule has 3 N–H and O–H groups in total. The van der Waals surface area contributed by atoms with Gasteiger partial charge >= 0.3 is 0 Å². The average Bonchev–Trinajstić information content (AvgIpc) is 3.16. The number of fused-ring (bicyclic) bond motifs is 1. The quantitative estimate of drug-likeness (QED) is 0.495. The molecule has 3 fully saturated rings. The summed E-state index contributed by atoms with van der Waals surface area (Å²) >= 11 is 0. The molecule has 4 heterocycles. The number of aromatic nitrogens is 4. The Morgan fingerprint density at radius 2 is 2.00 bits per heavy atom. The van der Waals surface area contributed by atoms with Crippen LogP contribution in [0.15, 0.2) is 24.4 Å². The zero-order valence-corrected chi connectivity index (χ0v) is 21.0. The smallest absolute Gasteiger partial charge is 0.222 e. The van der Waals surface area contributed by atoms with Crippen molar-refractivity contribution < 1.29 is 9.53 Å². The Morgan fingerprint density at radius 1 is 1.19 bits per heavy atom. The van der Waals surface area contributed by atoms with E-state index in [1.54, 1.807) is 20.2 Å². The number of methoxy groups -OCH3 is 1. The summed E-state index contributed by atoms with van der Waals surface area (Å²) in [6, 6.07) is 6.41. The minimum Gasteiger partial charge on any atom is -0.496 e. The number of nitrogens with two attached hydrogens (primary N) is 1. The van der Waals surface area contributed by atoms with Crippen molar-refractivity contribution in [3.05, 3.63) is 35.5 Å². The number of anilines is 2. The second-order valence-electron chi connectivity index (χ2n) is 10.8. The molecule has 6 rings (SSSR count). The highest BCUT2D eigenvalue weighted by molar-refractivity contribution is 5.86. The number of hydrogen-bond donors (Lipinski definition) is 2. The number of rotatable bonds is 8. The lowest BCUT2D eigenvalue weighted by Crippen LogP contribution is -2.72. The Balaban J connectivity index is 1.15. The normalized spacial score (nSPS) is 19.1. The number of nitrogen functional groups attached to an aromatic ring is 1. The van der Waals surface area contributed by atoms with Gasteiger partial charge in [0.05, 0.1) is 19.9 Å². The number of nitrogens with one attached hydrogen (secondary N) is 1. The third kappa shape index (κ3) is 4.23. The first-order valence-electron chi connectivity index (χ1n) is 12.8. The number of ether oxygens (including phenoxy) is 1. The van der Waals surface area contributed by atoms with Gasteiger partial charge in [0, 0.05) is 57.2 Å². The molecule has 2 aliphatic heterocycles. The lowest BCUT2D eigenvalue weighted by Gasteiger charge is -2.60. The van der Waals surface area contributed by atoms with E-state index in [2.05, 4.69) is 43.5 Å². The number of benzene rings is 1. The summed E-state index contributed by atoms with van der Waals surface area (Å²) in [5.74, 6) is 2.71. The largest absolute Gasteiger partial charge is 0.496 e. The number of likely N-dealkylation sites (tertiary alicyclic amines) is 2. The Morgan fingerprint density at radius 3 is 2.69 bits per heavy atom. The summed E-state index contributed by atoms with van der Waals surface area (Å²) in [6.07, 6.45) is 5.57. The summed E-state index contributed by atoms with van der Waals surface area (Å²) in [5.41, 5.74) is 10.1. The third-order valence-corrected chi connectivity index (χ3v) is 7.98. The van der Waals surface area contributed by atoms with Gasteiger partial charge < -0.3 is 20.7 Å². The van der Waals surface area contributed by atoms with Crippen molar-refractivity contribution in [3.8, 4) is 5.75 Å². The predicted molar refractivity (Wildman–Crippen MR) is 138 cm³/mol. The molecule has 2 saturated heterocycles. The summed E-state index contributed by atoms with van der Waals surface area (Å²) in [6.45, 7) is 7.84. The molecule has 10 heteroatoms. The van der Waals surface area contributed by atoms with Crippen LogP contribution in [0.1, 0.15) is 37.3 Å². The number of hydrogen-bond acceptors (Lipinski definition) is 8. The first-order valence-corrected chi connectivity index (χ1v) is 12.8. The van der Waals surface area contributed by atoms with Crippen molar-refractivity contribution in [1.82, 2.24) is 29.5 Å². The van der Waals surface area contributed by atoms with Gasteiger partial charge in [-0.3, -0.25) is 14.4 Å². The second kappa shape index (κ2) is 8.92. The monoisotopic (exact) mass is 490 g/mol. The molecule has 10 nitrogen and oxygen atoms in total. The van der Waals surface area contributed by atoms with E-state index in [4.69, 9.17) is 10.5 Å². The zero-order valence-electron chi connectivity index (χ0n) is 21.0. The summed E-state index contributed by atoms with van der Waals surface area (Å²) in [7, 11) is 1.71. The van der Waals surface area contributed by atoms with E-state index in [9.17, 15) is 4.79 Å². The van der Waals surface area contributed by atoms with Gasteiger partial charge in [0.2, 0.25) is 11.9 Å². The molecule has 3 aliphatic rings. The summed E-state index contributed by atoms with van der Waals surface area (Å²) in [5, 5.41) is 8.09. The lowest BCUT2D eigenvalue weighted by atomic mass is 9.72.